The lowest BCUT2D eigenvalue weighted by Crippen LogP contribution is -2.49. The van der Waals surface area contributed by atoms with E-state index in [4.69, 9.17) is 0 Å². The molecule has 5 nitrogen and oxygen atoms in total. The third kappa shape index (κ3) is 5.16. The van der Waals surface area contributed by atoms with Crippen LogP contribution in [0.3, 0.4) is 0 Å². The standard InChI is InChI=1S/C42H52N3O2/c1-8-45-36-26-35-33(24-28(36)19-20-41(45,3)4)37(30-16-9-10-17-31(30)40(47)43(7)21-11-14-27(2)46)34-25-29-15-12-22-44-23-13-18-32(39(29)44)38(34)42(35,5)6/h9-10,16-17,24-26H,8,11-15,18-23H2,1-7H3/q+1. The third-order valence-electron chi connectivity index (χ3n) is 11.7. The number of carbonyl (C=O) groups excluding carboxylic acids is 2. The lowest BCUT2D eigenvalue weighted by molar-refractivity contribution is -0.117. The Bertz CT molecular complexity index is 1930. The Balaban J connectivity index is 1.54. The molecule has 1 amide bonds. The summed E-state index contributed by atoms with van der Waals surface area (Å²) in [6, 6.07) is 15.8. The molecule has 0 atom stereocenters. The number of fused-ring (bicyclic) bond motifs is 4. The summed E-state index contributed by atoms with van der Waals surface area (Å²) in [7, 11) is 1.88. The summed E-state index contributed by atoms with van der Waals surface area (Å²) in [5.74, 6) is 0.186. The molecule has 0 spiro atoms. The van der Waals surface area contributed by atoms with Gasteiger partial charge in [-0.15, -0.1) is 0 Å². The van der Waals surface area contributed by atoms with Crippen LogP contribution in [0.2, 0.25) is 0 Å². The van der Waals surface area contributed by atoms with Gasteiger partial charge in [0.15, 0.2) is 0 Å². The lowest BCUT2D eigenvalue weighted by atomic mass is 9.65. The summed E-state index contributed by atoms with van der Waals surface area (Å²) in [5, 5.41) is 2.82. The Morgan fingerprint density at radius 2 is 1.68 bits per heavy atom. The number of anilines is 1. The molecular weight excluding hydrogens is 578 g/mol. The minimum Gasteiger partial charge on any atom is -0.366 e. The summed E-state index contributed by atoms with van der Waals surface area (Å²) in [4.78, 5) is 30.3. The number of aryl methyl sites for hydroxylation is 2. The molecule has 0 saturated carbocycles. The predicted octanol–water partition coefficient (Wildman–Crippen LogP) is 5.95. The summed E-state index contributed by atoms with van der Waals surface area (Å²) in [6.45, 7) is 17.4. The fraction of sp³-hybridized carbons (Fsp3) is 0.500. The zero-order chi connectivity index (χ0) is 33.2. The number of rotatable bonds is 7. The zero-order valence-electron chi connectivity index (χ0n) is 29.7. The van der Waals surface area contributed by atoms with Gasteiger partial charge in [0.25, 0.3) is 5.91 Å². The predicted molar refractivity (Wildman–Crippen MR) is 192 cm³/mol. The van der Waals surface area contributed by atoms with E-state index < -0.39 is 0 Å². The number of ketones is 1. The zero-order valence-corrected chi connectivity index (χ0v) is 29.7. The van der Waals surface area contributed by atoms with Gasteiger partial charge in [0.1, 0.15) is 18.9 Å². The number of hydrogen-bond donors (Lipinski definition) is 0. The molecule has 1 aliphatic carbocycles. The number of benzene rings is 3. The Hall–Kier alpha value is -3.73. The maximum absolute atomic E-state index is 14.2. The van der Waals surface area contributed by atoms with Crippen molar-refractivity contribution >= 4 is 23.0 Å². The molecule has 3 aliphatic heterocycles. The first kappa shape index (κ1) is 31.8. The molecule has 0 N–H and O–H groups in total. The first-order valence-corrected chi connectivity index (χ1v) is 18.0. The first-order chi connectivity index (χ1) is 22.4. The Morgan fingerprint density at radius 1 is 0.936 bits per heavy atom. The van der Waals surface area contributed by atoms with Crippen molar-refractivity contribution < 1.29 is 9.59 Å². The second kappa shape index (κ2) is 11.8. The summed E-state index contributed by atoms with van der Waals surface area (Å²) < 4.78 is 2.66. The van der Waals surface area contributed by atoms with Gasteiger partial charge in [-0.2, -0.15) is 0 Å². The van der Waals surface area contributed by atoms with Crippen LogP contribution >= 0.6 is 0 Å². The minimum atomic E-state index is -0.197. The van der Waals surface area contributed by atoms with Gasteiger partial charge >= 0.3 is 0 Å². The smallest absolute Gasteiger partial charge is 0.254 e. The van der Waals surface area contributed by atoms with Gasteiger partial charge in [-0.25, -0.2) is 4.58 Å². The first-order valence-electron chi connectivity index (χ1n) is 18.0. The maximum atomic E-state index is 14.2. The number of Topliss-reactive ketones (excluding diaryl/α,β-unsaturated/α-hetero) is 1. The van der Waals surface area contributed by atoms with Crippen molar-refractivity contribution in [2.45, 2.75) is 104 Å². The van der Waals surface area contributed by atoms with Crippen molar-refractivity contribution in [1.29, 1.82) is 0 Å². The van der Waals surface area contributed by atoms with Crippen LogP contribution in [0.1, 0.15) is 123 Å². The van der Waals surface area contributed by atoms with Crippen LogP contribution in [0.25, 0.3) is 5.57 Å². The van der Waals surface area contributed by atoms with Crippen molar-refractivity contribution in [3.05, 3.63) is 97.5 Å². The van der Waals surface area contributed by atoms with Crippen LogP contribution in [0.15, 0.2) is 42.5 Å². The van der Waals surface area contributed by atoms with Crippen molar-refractivity contribution in [1.82, 2.24) is 9.48 Å². The van der Waals surface area contributed by atoms with Gasteiger partial charge < -0.3 is 14.6 Å². The van der Waals surface area contributed by atoms with Gasteiger partial charge in [-0.3, -0.25) is 4.79 Å². The van der Waals surface area contributed by atoms with E-state index in [1.54, 1.807) is 11.8 Å². The monoisotopic (exact) mass is 630 g/mol. The minimum absolute atomic E-state index is 0.0203. The van der Waals surface area contributed by atoms with Crippen molar-refractivity contribution in [3.8, 4) is 0 Å². The van der Waals surface area contributed by atoms with Crippen molar-refractivity contribution in [2.24, 2.45) is 0 Å². The van der Waals surface area contributed by atoms with E-state index in [1.807, 2.05) is 19.2 Å². The molecule has 3 aromatic carbocycles. The summed E-state index contributed by atoms with van der Waals surface area (Å²) in [6.07, 6.45) is 7.93. The van der Waals surface area contributed by atoms with Gasteiger partial charge in [-0.05, 0) is 123 Å². The van der Waals surface area contributed by atoms with Crippen LogP contribution < -0.4 is 20.1 Å². The number of nitrogens with zero attached hydrogens (tertiary/aromatic N) is 3. The highest BCUT2D eigenvalue weighted by Crippen LogP contribution is 2.47. The quantitative estimate of drug-likeness (QED) is 0.303. The SMILES string of the molecule is CCN1c2cc3c(cc2CCC1(C)C)C(c1ccccc1C(=O)N(C)CCCC(C)=O)=c1cc2c4c(c1C3(C)C)CCC[N+]=4CCC2. The van der Waals surface area contributed by atoms with Crippen LogP contribution in [0.4, 0.5) is 5.69 Å². The highest BCUT2D eigenvalue weighted by atomic mass is 16.2. The van der Waals surface area contributed by atoms with E-state index in [2.05, 4.69) is 74.4 Å². The molecule has 47 heavy (non-hydrogen) atoms. The maximum Gasteiger partial charge on any atom is 0.254 e. The molecule has 7 rings (SSSR count). The Morgan fingerprint density at radius 3 is 2.43 bits per heavy atom. The van der Waals surface area contributed by atoms with Crippen LogP contribution in [0.5, 0.6) is 0 Å². The van der Waals surface area contributed by atoms with Gasteiger partial charge in [-0.1, -0.05) is 32.0 Å². The topological polar surface area (TPSA) is 43.6 Å². The van der Waals surface area contributed by atoms with E-state index in [0.29, 0.717) is 19.4 Å². The molecular formula is C42H52N3O2+. The second-order valence-corrected chi connectivity index (χ2v) is 15.6. The normalized spacial score (nSPS) is 18.6. The summed E-state index contributed by atoms with van der Waals surface area (Å²) >= 11 is 0. The van der Waals surface area contributed by atoms with E-state index >= 15 is 0 Å². The van der Waals surface area contributed by atoms with Crippen LogP contribution in [0, 0.1) is 0 Å². The van der Waals surface area contributed by atoms with Crippen molar-refractivity contribution in [3.63, 3.8) is 0 Å². The van der Waals surface area contributed by atoms with Crippen molar-refractivity contribution in [2.75, 3.05) is 38.1 Å². The molecule has 3 heterocycles. The molecule has 0 radical (unpaired) electrons. The average Bonchev–Trinajstić information content (AvgIpc) is 3.04. The van der Waals surface area contributed by atoms with E-state index in [9.17, 15) is 9.59 Å². The van der Waals surface area contributed by atoms with Gasteiger partial charge in [0.2, 0.25) is 5.36 Å². The largest absolute Gasteiger partial charge is 0.366 e. The lowest BCUT2D eigenvalue weighted by Gasteiger charge is -2.46. The number of hydrogen-bond acceptors (Lipinski definition) is 3. The molecule has 4 aliphatic rings. The second-order valence-electron chi connectivity index (χ2n) is 15.6. The molecule has 5 heteroatoms. The molecule has 0 unspecified atom stereocenters. The molecule has 246 valence electrons. The van der Waals surface area contributed by atoms with Gasteiger partial charge in [0.05, 0.1) is 0 Å². The van der Waals surface area contributed by atoms with Crippen LogP contribution in [-0.4, -0.2) is 55.4 Å². The third-order valence-corrected chi connectivity index (χ3v) is 11.7. The highest BCUT2D eigenvalue weighted by Gasteiger charge is 2.41. The fourth-order valence-electron chi connectivity index (χ4n) is 9.41. The molecule has 0 saturated heterocycles. The Labute approximate surface area is 281 Å². The van der Waals surface area contributed by atoms with E-state index in [1.165, 1.54) is 68.1 Å². The highest BCUT2D eigenvalue weighted by molar-refractivity contribution is 6.02. The molecule has 0 bridgehead atoms. The summed E-state index contributed by atoms with van der Waals surface area (Å²) in [5.41, 5.74) is 12.8. The average molecular weight is 631 g/mol. The number of amides is 1. The fourth-order valence-corrected chi connectivity index (χ4v) is 9.41. The van der Waals surface area contributed by atoms with E-state index in [-0.39, 0.29) is 22.6 Å². The Kier molecular flexibility index (Phi) is 7.96. The molecule has 0 aromatic heterocycles. The van der Waals surface area contributed by atoms with E-state index in [0.717, 1.165) is 56.4 Å². The number of carbonyl (C=O) groups is 2. The molecule has 3 aromatic rings. The van der Waals surface area contributed by atoms with Gasteiger partial charge in [0, 0.05) is 72.7 Å². The van der Waals surface area contributed by atoms with Crippen LogP contribution in [-0.2, 0) is 29.5 Å². The molecule has 0 fully saturated rings.